The molecule has 0 heterocycles. The highest BCUT2D eigenvalue weighted by molar-refractivity contribution is 5.78. The standard InChI is InChI=1S/C22H26F3NO3/c1-13(2)18-11-19(14(3)9-20(18)28-5)15(4)26-21(27)12-29-17-8-6-7-16(10-17)22(23,24)25/h6-11,13,15H,12H2,1-5H3,(H,26,27)/t15-/m1/s1. The van der Waals surface area contributed by atoms with Crippen LogP contribution in [0.2, 0.25) is 0 Å². The molecular formula is C22H26F3NO3. The second-order valence-electron chi connectivity index (χ2n) is 7.21. The molecule has 158 valence electrons. The number of methoxy groups -OCH3 is 1. The maximum Gasteiger partial charge on any atom is 0.416 e. The molecule has 0 saturated heterocycles. The van der Waals surface area contributed by atoms with Crippen molar-refractivity contribution in [1.29, 1.82) is 0 Å². The Labute approximate surface area is 169 Å². The van der Waals surface area contributed by atoms with E-state index in [2.05, 4.69) is 19.2 Å². The van der Waals surface area contributed by atoms with Crippen LogP contribution in [-0.2, 0) is 11.0 Å². The number of carbonyl (C=O) groups is 1. The van der Waals surface area contributed by atoms with Gasteiger partial charge in [0, 0.05) is 0 Å². The molecule has 0 aromatic heterocycles. The van der Waals surface area contributed by atoms with E-state index in [1.54, 1.807) is 7.11 Å². The molecule has 0 fully saturated rings. The smallest absolute Gasteiger partial charge is 0.416 e. The van der Waals surface area contributed by atoms with Gasteiger partial charge in [-0.25, -0.2) is 0 Å². The van der Waals surface area contributed by atoms with Gasteiger partial charge in [-0.1, -0.05) is 19.9 Å². The predicted octanol–water partition coefficient (Wildman–Crippen LogP) is 5.40. The lowest BCUT2D eigenvalue weighted by molar-refractivity contribution is -0.137. The van der Waals surface area contributed by atoms with Gasteiger partial charge in [-0.05, 0) is 66.8 Å². The quantitative estimate of drug-likeness (QED) is 0.666. The molecule has 0 spiro atoms. The minimum absolute atomic E-state index is 0.00894. The first kappa shape index (κ1) is 22.6. The molecule has 0 unspecified atom stereocenters. The van der Waals surface area contributed by atoms with Gasteiger partial charge in [-0.2, -0.15) is 13.2 Å². The van der Waals surface area contributed by atoms with Gasteiger partial charge in [-0.3, -0.25) is 4.79 Å². The number of hydrogen-bond donors (Lipinski definition) is 1. The number of nitrogens with one attached hydrogen (secondary N) is 1. The third-order valence-corrected chi connectivity index (χ3v) is 4.62. The van der Waals surface area contributed by atoms with E-state index in [4.69, 9.17) is 9.47 Å². The Kier molecular flexibility index (Phi) is 7.16. The van der Waals surface area contributed by atoms with Gasteiger partial charge in [0.1, 0.15) is 11.5 Å². The highest BCUT2D eigenvalue weighted by Crippen LogP contribution is 2.32. The fraction of sp³-hybridized carbons (Fsp3) is 0.409. The summed E-state index contributed by atoms with van der Waals surface area (Å²) in [6, 6.07) is 8.11. The monoisotopic (exact) mass is 409 g/mol. The Balaban J connectivity index is 2.05. The molecule has 2 aromatic rings. The zero-order valence-electron chi connectivity index (χ0n) is 17.2. The van der Waals surface area contributed by atoms with Crippen LogP contribution in [-0.4, -0.2) is 19.6 Å². The number of halogens is 3. The maximum atomic E-state index is 12.8. The molecule has 29 heavy (non-hydrogen) atoms. The zero-order chi connectivity index (χ0) is 21.8. The lowest BCUT2D eigenvalue weighted by atomic mass is 9.93. The molecule has 2 rings (SSSR count). The molecule has 0 aliphatic heterocycles. The van der Waals surface area contributed by atoms with Gasteiger partial charge >= 0.3 is 6.18 Å². The van der Waals surface area contributed by atoms with E-state index in [1.807, 2.05) is 26.0 Å². The second-order valence-corrected chi connectivity index (χ2v) is 7.21. The van der Waals surface area contributed by atoms with Crippen molar-refractivity contribution < 1.29 is 27.4 Å². The molecule has 0 radical (unpaired) electrons. The van der Waals surface area contributed by atoms with Crippen LogP contribution in [0.25, 0.3) is 0 Å². The Morgan fingerprint density at radius 1 is 1.10 bits per heavy atom. The van der Waals surface area contributed by atoms with Crippen molar-refractivity contribution in [3.63, 3.8) is 0 Å². The van der Waals surface area contributed by atoms with Crippen LogP contribution in [0.4, 0.5) is 13.2 Å². The molecule has 4 nitrogen and oxygen atoms in total. The van der Waals surface area contributed by atoms with Crippen molar-refractivity contribution in [2.45, 2.75) is 45.8 Å². The fourth-order valence-electron chi connectivity index (χ4n) is 3.08. The van der Waals surface area contributed by atoms with Gasteiger partial charge in [0.15, 0.2) is 6.61 Å². The summed E-state index contributed by atoms with van der Waals surface area (Å²) < 4.78 is 49.0. The van der Waals surface area contributed by atoms with E-state index >= 15 is 0 Å². The summed E-state index contributed by atoms with van der Waals surface area (Å²) in [6.45, 7) is 7.52. The first-order valence-electron chi connectivity index (χ1n) is 9.30. The van der Waals surface area contributed by atoms with Crippen LogP contribution in [0, 0.1) is 6.92 Å². The Hall–Kier alpha value is -2.70. The predicted molar refractivity (Wildman–Crippen MR) is 105 cm³/mol. The average Bonchev–Trinajstić information content (AvgIpc) is 2.65. The molecule has 1 N–H and O–H groups in total. The largest absolute Gasteiger partial charge is 0.496 e. The Bertz CT molecular complexity index is 863. The molecular weight excluding hydrogens is 383 g/mol. The summed E-state index contributed by atoms with van der Waals surface area (Å²) in [5.41, 5.74) is 2.13. The van der Waals surface area contributed by atoms with Crippen LogP contribution in [0.3, 0.4) is 0 Å². The minimum atomic E-state index is -4.46. The summed E-state index contributed by atoms with van der Waals surface area (Å²) in [6.07, 6.45) is -4.46. The van der Waals surface area contributed by atoms with Crippen LogP contribution in [0.15, 0.2) is 36.4 Å². The van der Waals surface area contributed by atoms with Crippen molar-refractivity contribution in [2.24, 2.45) is 0 Å². The number of carbonyl (C=O) groups excluding carboxylic acids is 1. The van der Waals surface area contributed by atoms with Crippen LogP contribution in [0.5, 0.6) is 11.5 Å². The van der Waals surface area contributed by atoms with E-state index in [0.29, 0.717) is 0 Å². The van der Waals surface area contributed by atoms with Gasteiger partial charge < -0.3 is 14.8 Å². The Morgan fingerprint density at radius 2 is 1.79 bits per heavy atom. The summed E-state index contributed by atoms with van der Waals surface area (Å²) >= 11 is 0. The van der Waals surface area contributed by atoms with Crippen LogP contribution >= 0.6 is 0 Å². The van der Waals surface area contributed by atoms with E-state index in [0.717, 1.165) is 34.6 Å². The van der Waals surface area contributed by atoms with Gasteiger partial charge in [0.25, 0.3) is 5.91 Å². The second kappa shape index (κ2) is 9.20. The van der Waals surface area contributed by atoms with Gasteiger partial charge in [-0.15, -0.1) is 0 Å². The lowest BCUT2D eigenvalue weighted by Crippen LogP contribution is -2.31. The first-order chi connectivity index (χ1) is 13.5. The lowest BCUT2D eigenvalue weighted by Gasteiger charge is -2.21. The topological polar surface area (TPSA) is 47.6 Å². The summed E-state index contributed by atoms with van der Waals surface area (Å²) in [5, 5.41) is 2.83. The average molecular weight is 409 g/mol. The molecule has 0 saturated carbocycles. The molecule has 2 aromatic carbocycles. The van der Waals surface area contributed by atoms with Gasteiger partial charge in [0.2, 0.25) is 0 Å². The number of hydrogen-bond acceptors (Lipinski definition) is 3. The van der Waals surface area contributed by atoms with E-state index in [9.17, 15) is 18.0 Å². The zero-order valence-corrected chi connectivity index (χ0v) is 17.2. The highest BCUT2D eigenvalue weighted by Gasteiger charge is 2.30. The van der Waals surface area contributed by atoms with Crippen molar-refractivity contribution in [3.8, 4) is 11.5 Å². The molecule has 0 aliphatic rings. The summed E-state index contributed by atoms with van der Waals surface area (Å²) in [7, 11) is 1.62. The van der Waals surface area contributed by atoms with Crippen molar-refractivity contribution in [2.75, 3.05) is 13.7 Å². The van der Waals surface area contributed by atoms with E-state index in [1.165, 1.54) is 12.1 Å². The molecule has 7 heteroatoms. The minimum Gasteiger partial charge on any atom is -0.496 e. The number of rotatable bonds is 7. The number of ether oxygens (including phenoxy) is 2. The molecule has 1 atom stereocenters. The van der Waals surface area contributed by atoms with Crippen molar-refractivity contribution >= 4 is 5.91 Å². The SMILES string of the molecule is COc1cc(C)c([C@@H](C)NC(=O)COc2cccc(C(F)(F)F)c2)cc1C(C)C. The normalized spacial score (nSPS) is 12.6. The van der Waals surface area contributed by atoms with E-state index < -0.39 is 17.6 Å². The highest BCUT2D eigenvalue weighted by atomic mass is 19.4. The number of benzene rings is 2. The van der Waals surface area contributed by atoms with Crippen LogP contribution < -0.4 is 14.8 Å². The maximum absolute atomic E-state index is 12.8. The van der Waals surface area contributed by atoms with Gasteiger partial charge in [0.05, 0.1) is 18.7 Å². The number of amides is 1. The van der Waals surface area contributed by atoms with Crippen molar-refractivity contribution in [3.05, 3.63) is 58.7 Å². The third-order valence-electron chi connectivity index (χ3n) is 4.62. The molecule has 0 aliphatic carbocycles. The third kappa shape index (κ3) is 5.89. The fourth-order valence-corrected chi connectivity index (χ4v) is 3.08. The summed E-state index contributed by atoms with van der Waals surface area (Å²) in [5.74, 6) is 0.616. The molecule has 1 amide bonds. The Morgan fingerprint density at radius 3 is 2.38 bits per heavy atom. The number of alkyl halides is 3. The first-order valence-corrected chi connectivity index (χ1v) is 9.30. The summed E-state index contributed by atoms with van der Waals surface area (Å²) in [4.78, 5) is 12.3. The van der Waals surface area contributed by atoms with Crippen LogP contribution in [0.1, 0.15) is 55.0 Å². The molecule has 0 bridgehead atoms. The number of aryl methyl sites for hydroxylation is 1. The van der Waals surface area contributed by atoms with Crippen molar-refractivity contribution in [1.82, 2.24) is 5.32 Å². The van der Waals surface area contributed by atoms with E-state index in [-0.39, 0.29) is 24.3 Å².